The van der Waals surface area contributed by atoms with Crippen molar-refractivity contribution in [3.63, 3.8) is 0 Å². The first-order valence-corrected chi connectivity index (χ1v) is 9.12. The van der Waals surface area contributed by atoms with E-state index in [-0.39, 0.29) is 11.5 Å². The first kappa shape index (κ1) is 17.8. The predicted octanol–water partition coefficient (Wildman–Crippen LogP) is 4.29. The molecule has 4 nitrogen and oxygen atoms in total. The van der Waals surface area contributed by atoms with Crippen LogP contribution in [0.2, 0.25) is 0 Å². The predicted molar refractivity (Wildman–Crippen MR) is 98.9 cm³/mol. The largest absolute Gasteiger partial charge is 0.507 e. The number of aromatic hydroxyl groups is 2. The molecule has 0 aliphatic heterocycles. The van der Waals surface area contributed by atoms with Crippen LogP contribution in [0.5, 0.6) is 11.5 Å². The highest BCUT2D eigenvalue weighted by Crippen LogP contribution is 2.30. The van der Waals surface area contributed by atoms with Crippen LogP contribution in [0.25, 0.3) is 0 Å². The number of nitrogens with zero attached hydrogens (tertiary/aromatic N) is 2. The summed E-state index contributed by atoms with van der Waals surface area (Å²) in [6, 6.07) is 11.2. The van der Waals surface area contributed by atoms with Crippen molar-refractivity contribution in [2.75, 3.05) is 0 Å². The van der Waals surface area contributed by atoms with Gasteiger partial charge in [0.1, 0.15) is 23.6 Å². The van der Waals surface area contributed by atoms with E-state index in [9.17, 15) is 10.2 Å². The zero-order valence-corrected chi connectivity index (χ0v) is 14.8. The fourth-order valence-electron chi connectivity index (χ4n) is 3.80. The smallest absolute Gasteiger partial charge is 0.133 e. The van der Waals surface area contributed by atoms with Gasteiger partial charge in [-0.3, -0.25) is 0 Å². The Bertz CT molecular complexity index is 902. The first-order valence-electron chi connectivity index (χ1n) is 9.12. The molecule has 2 N–H and O–H groups in total. The summed E-state index contributed by atoms with van der Waals surface area (Å²) in [7, 11) is 0. The summed E-state index contributed by atoms with van der Waals surface area (Å²) < 4.78 is 0. The summed E-state index contributed by atoms with van der Waals surface area (Å²) in [5, 5.41) is 36.5. The van der Waals surface area contributed by atoms with E-state index in [0.29, 0.717) is 11.1 Å². The van der Waals surface area contributed by atoms with Gasteiger partial charge >= 0.3 is 0 Å². The number of phenolic OH excluding ortho intramolecular Hbond substituents is 2. The molecule has 0 atom stereocenters. The minimum absolute atomic E-state index is 0.128. The van der Waals surface area contributed by atoms with Gasteiger partial charge < -0.3 is 10.2 Å². The molecular formula is C22H22N2O2. The number of nitriles is 2. The second-order valence-corrected chi connectivity index (χ2v) is 6.87. The molecule has 0 bridgehead atoms. The number of fused-ring (bicyclic) bond motifs is 2. The van der Waals surface area contributed by atoms with Crippen molar-refractivity contribution in [2.24, 2.45) is 0 Å². The van der Waals surface area contributed by atoms with E-state index in [2.05, 4.69) is 6.07 Å². The van der Waals surface area contributed by atoms with Crippen molar-refractivity contribution in [1.29, 1.82) is 10.5 Å². The van der Waals surface area contributed by atoms with Crippen LogP contribution in [0.15, 0.2) is 24.3 Å². The third-order valence-electron chi connectivity index (χ3n) is 5.20. The zero-order valence-electron chi connectivity index (χ0n) is 14.8. The van der Waals surface area contributed by atoms with Crippen LogP contribution in [0.4, 0.5) is 0 Å². The molecule has 0 saturated carbocycles. The van der Waals surface area contributed by atoms with E-state index < -0.39 is 0 Å². The van der Waals surface area contributed by atoms with Gasteiger partial charge in [0.15, 0.2) is 0 Å². The maximum atomic E-state index is 9.44. The Morgan fingerprint density at radius 1 is 0.692 bits per heavy atom. The van der Waals surface area contributed by atoms with Gasteiger partial charge in [-0.25, -0.2) is 0 Å². The average molecular weight is 346 g/mol. The molecule has 0 saturated heterocycles. The van der Waals surface area contributed by atoms with E-state index in [1.807, 2.05) is 18.2 Å². The third kappa shape index (κ3) is 3.65. The van der Waals surface area contributed by atoms with Crippen LogP contribution in [-0.4, -0.2) is 10.2 Å². The second-order valence-electron chi connectivity index (χ2n) is 6.87. The lowest BCUT2D eigenvalue weighted by Crippen LogP contribution is -2.04. The van der Waals surface area contributed by atoms with Crippen molar-refractivity contribution >= 4 is 0 Å². The normalized spacial score (nSPS) is 14.7. The lowest BCUT2D eigenvalue weighted by Gasteiger charge is -2.16. The summed E-state index contributed by atoms with van der Waals surface area (Å²) in [5.74, 6) is 0.256. The summed E-state index contributed by atoms with van der Waals surface area (Å²) in [6.45, 7) is 0. The van der Waals surface area contributed by atoms with Gasteiger partial charge in [-0.05, 0) is 91.8 Å². The Morgan fingerprint density at radius 3 is 1.96 bits per heavy atom. The number of aryl methyl sites for hydroxylation is 3. The molecule has 4 rings (SSSR count). The lowest BCUT2D eigenvalue weighted by molar-refractivity contribution is 0.471. The average Bonchev–Trinajstić information content (AvgIpc) is 2.68. The van der Waals surface area contributed by atoms with Gasteiger partial charge in [-0.15, -0.1) is 0 Å². The quantitative estimate of drug-likeness (QED) is 0.745. The molecule has 2 aromatic rings. The molecule has 0 amide bonds. The fourth-order valence-corrected chi connectivity index (χ4v) is 3.80. The topological polar surface area (TPSA) is 88.0 Å². The zero-order chi connectivity index (χ0) is 18.5. The van der Waals surface area contributed by atoms with Crippen LogP contribution in [0.3, 0.4) is 0 Å². The monoisotopic (exact) mass is 346 g/mol. The van der Waals surface area contributed by atoms with Gasteiger partial charge in [0.05, 0.1) is 11.1 Å². The van der Waals surface area contributed by atoms with Crippen molar-refractivity contribution in [3.8, 4) is 23.6 Å². The SMILES string of the molecule is N#Cc1c(O)ccc2c1CCCC2.N#Cc1cc2c(cc1O)CCCC2. The van der Waals surface area contributed by atoms with E-state index >= 15 is 0 Å². The Kier molecular flexibility index (Phi) is 5.44. The molecule has 0 aromatic heterocycles. The van der Waals surface area contributed by atoms with Gasteiger partial charge in [0.2, 0.25) is 0 Å². The highest BCUT2D eigenvalue weighted by atomic mass is 16.3. The minimum Gasteiger partial charge on any atom is -0.507 e. The molecule has 0 fully saturated rings. The number of benzene rings is 2. The standard InChI is InChI=1S/2C11H11NO/c12-7-10-5-8-3-1-2-4-9(8)6-11(10)13;12-7-10-9-4-2-1-3-8(9)5-6-11(10)13/h2*5-6,13H,1-4H2. The highest BCUT2D eigenvalue weighted by Gasteiger charge is 2.15. The molecule has 2 aliphatic rings. The molecular weight excluding hydrogens is 324 g/mol. The van der Waals surface area contributed by atoms with E-state index in [1.54, 1.807) is 12.1 Å². The van der Waals surface area contributed by atoms with Gasteiger partial charge in [0, 0.05) is 0 Å². The first-order chi connectivity index (χ1) is 12.6. The molecule has 2 aromatic carbocycles. The van der Waals surface area contributed by atoms with Crippen molar-refractivity contribution in [2.45, 2.75) is 51.4 Å². The molecule has 0 heterocycles. The van der Waals surface area contributed by atoms with Gasteiger partial charge in [0.25, 0.3) is 0 Å². The van der Waals surface area contributed by atoms with Crippen molar-refractivity contribution < 1.29 is 10.2 Å². The molecule has 0 spiro atoms. The van der Waals surface area contributed by atoms with Crippen LogP contribution >= 0.6 is 0 Å². The van der Waals surface area contributed by atoms with Crippen molar-refractivity contribution in [1.82, 2.24) is 0 Å². The maximum absolute atomic E-state index is 9.44. The molecule has 132 valence electrons. The van der Waals surface area contributed by atoms with E-state index in [4.69, 9.17) is 10.5 Å². The summed E-state index contributed by atoms with van der Waals surface area (Å²) in [4.78, 5) is 0. The van der Waals surface area contributed by atoms with Crippen molar-refractivity contribution in [3.05, 3.63) is 57.6 Å². The van der Waals surface area contributed by atoms with Gasteiger partial charge in [-0.2, -0.15) is 10.5 Å². The molecule has 2 aliphatic carbocycles. The molecule has 0 radical (unpaired) electrons. The Labute approximate surface area is 154 Å². The number of hydrogen-bond acceptors (Lipinski definition) is 4. The number of rotatable bonds is 0. The van der Waals surface area contributed by atoms with E-state index in [1.165, 1.54) is 36.0 Å². The molecule has 0 unspecified atom stereocenters. The fraction of sp³-hybridized carbons (Fsp3) is 0.364. The maximum Gasteiger partial charge on any atom is 0.133 e. The number of hydrogen-bond donors (Lipinski definition) is 2. The minimum atomic E-state index is 0.128. The lowest BCUT2D eigenvalue weighted by atomic mass is 9.88. The third-order valence-corrected chi connectivity index (χ3v) is 5.20. The number of phenols is 2. The van der Waals surface area contributed by atoms with E-state index in [0.717, 1.165) is 37.7 Å². The Hall–Kier alpha value is -2.98. The van der Waals surface area contributed by atoms with Crippen LogP contribution in [0, 0.1) is 22.7 Å². The van der Waals surface area contributed by atoms with Crippen LogP contribution < -0.4 is 0 Å². The molecule has 26 heavy (non-hydrogen) atoms. The Balaban J connectivity index is 0.000000151. The Morgan fingerprint density at radius 2 is 1.31 bits per heavy atom. The second kappa shape index (κ2) is 7.93. The summed E-state index contributed by atoms with van der Waals surface area (Å²) in [6.07, 6.45) is 8.78. The van der Waals surface area contributed by atoms with Gasteiger partial charge in [-0.1, -0.05) is 6.07 Å². The summed E-state index contributed by atoms with van der Waals surface area (Å²) >= 11 is 0. The van der Waals surface area contributed by atoms with Crippen LogP contribution in [-0.2, 0) is 25.7 Å². The highest BCUT2D eigenvalue weighted by molar-refractivity contribution is 5.52. The summed E-state index contributed by atoms with van der Waals surface area (Å²) in [5.41, 5.74) is 5.63. The van der Waals surface area contributed by atoms with Crippen LogP contribution in [0.1, 0.15) is 59.1 Å². The molecule has 4 heteroatoms.